The molecule has 1 aromatic heterocycles. The van der Waals surface area contributed by atoms with E-state index in [1.165, 1.54) is 12.8 Å². The zero-order valence-corrected chi connectivity index (χ0v) is 15.4. The molecule has 3 heterocycles. The molecule has 1 aromatic carbocycles. The molecule has 2 aliphatic heterocycles. The normalized spacial score (nSPS) is 21.6. The Hall–Kier alpha value is -2.06. The second-order valence-electron chi connectivity index (χ2n) is 6.82. The van der Waals surface area contributed by atoms with Crippen molar-refractivity contribution in [2.75, 3.05) is 32.8 Å². The lowest BCUT2D eigenvalue weighted by Crippen LogP contribution is -2.52. The number of hydrogen-bond donors (Lipinski definition) is 0. The van der Waals surface area contributed by atoms with Crippen LogP contribution in [0, 0.1) is 0 Å². The van der Waals surface area contributed by atoms with Gasteiger partial charge in [0.2, 0.25) is 0 Å². The first-order valence-electron chi connectivity index (χ1n) is 9.14. The lowest BCUT2D eigenvalue weighted by Gasteiger charge is -2.34. The van der Waals surface area contributed by atoms with E-state index in [-0.39, 0.29) is 11.8 Å². The molecule has 0 N–H and O–H groups in total. The van der Waals surface area contributed by atoms with E-state index in [0.29, 0.717) is 25.3 Å². The number of likely N-dealkylation sites (tertiary alicyclic amines) is 1. The Bertz CT molecular complexity index is 801. The number of amides is 2. The van der Waals surface area contributed by atoms with E-state index >= 15 is 0 Å². The van der Waals surface area contributed by atoms with Crippen molar-refractivity contribution >= 4 is 34.6 Å². The summed E-state index contributed by atoms with van der Waals surface area (Å²) in [6.45, 7) is 2.77. The maximum atomic E-state index is 12.9. The molecule has 2 amide bonds. The molecule has 0 saturated carbocycles. The molecule has 26 heavy (non-hydrogen) atoms. The number of hydrogen-bond acceptors (Lipinski definition) is 6. The van der Waals surface area contributed by atoms with Gasteiger partial charge in [-0.25, -0.2) is 0 Å². The lowest BCUT2D eigenvalue weighted by atomic mass is 10.1. The van der Waals surface area contributed by atoms with Crippen LogP contribution in [0.4, 0.5) is 0 Å². The molecule has 2 saturated heterocycles. The van der Waals surface area contributed by atoms with E-state index < -0.39 is 6.10 Å². The van der Waals surface area contributed by atoms with E-state index in [0.717, 1.165) is 48.7 Å². The number of nitrogens with zero attached hydrogens (tertiary/aromatic N) is 4. The van der Waals surface area contributed by atoms with Crippen LogP contribution < -0.4 is 0 Å². The molecule has 1 atom stereocenters. The number of carbonyl (C=O) groups excluding carboxylic acids is 2. The third kappa shape index (κ3) is 3.57. The van der Waals surface area contributed by atoms with Crippen LogP contribution in [0.3, 0.4) is 0 Å². The highest BCUT2D eigenvalue weighted by Crippen LogP contribution is 2.18. The minimum atomic E-state index is -0.560. The van der Waals surface area contributed by atoms with Crippen LogP contribution in [-0.2, 0) is 9.53 Å². The SMILES string of the molecule is O=C(c1ccc2nsnc2c1)N1CCOC(C(=O)N2CCCCCC2)C1. The first-order valence-corrected chi connectivity index (χ1v) is 9.87. The minimum absolute atomic E-state index is 0.0172. The highest BCUT2D eigenvalue weighted by Gasteiger charge is 2.32. The van der Waals surface area contributed by atoms with Gasteiger partial charge in [0, 0.05) is 25.2 Å². The van der Waals surface area contributed by atoms with E-state index in [1.807, 2.05) is 11.0 Å². The van der Waals surface area contributed by atoms with Gasteiger partial charge in [-0.05, 0) is 31.0 Å². The molecular weight excluding hydrogens is 352 g/mol. The van der Waals surface area contributed by atoms with Crippen LogP contribution in [0.5, 0.6) is 0 Å². The molecular formula is C18H22N4O3S. The van der Waals surface area contributed by atoms with Crippen LogP contribution in [0.15, 0.2) is 18.2 Å². The van der Waals surface area contributed by atoms with E-state index in [9.17, 15) is 9.59 Å². The zero-order chi connectivity index (χ0) is 17.9. The Labute approximate surface area is 156 Å². The molecule has 2 fully saturated rings. The van der Waals surface area contributed by atoms with Crippen molar-refractivity contribution in [3.05, 3.63) is 23.8 Å². The summed E-state index contributed by atoms with van der Waals surface area (Å²) in [4.78, 5) is 29.3. The van der Waals surface area contributed by atoms with Crippen LogP contribution >= 0.6 is 11.7 Å². The van der Waals surface area contributed by atoms with Gasteiger partial charge >= 0.3 is 0 Å². The molecule has 2 aliphatic rings. The number of ether oxygens (including phenoxy) is 1. The average Bonchev–Trinajstić information content (AvgIpc) is 2.99. The number of fused-ring (bicyclic) bond motifs is 1. The minimum Gasteiger partial charge on any atom is -0.365 e. The highest BCUT2D eigenvalue weighted by molar-refractivity contribution is 7.00. The third-order valence-electron chi connectivity index (χ3n) is 5.05. The molecule has 2 aromatic rings. The van der Waals surface area contributed by atoms with E-state index in [4.69, 9.17) is 4.74 Å². The predicted octanol–water partition coefficient (Wildman–Crippen LogP) is 1.93. The monoisotopic (exact) mass is 374 g/mol. The van der Waals surface area contributed by atoms with Gasteiger partial charge in [-0.2, -0.15) is 8.75 Å². The maximum Gasteiger partial charge on any atom is 0.254 e. The van der Waals surface area contributed by atoms with Crippen molar-refractivity contribution in [2.45, 2.75) is 31.8 Å². The van der Waals surface area contributed by atoms with Crippen LogP contribution in [0.1, 0.15) is 36.0 Å². The standard InChI is InChI=1S/C18H22N4O3S/c23-17(13-5-6-14-15(11-13)20-26-19-14)22-9-10-25-16(12-22)18(24)21-7-3-1-2-4-8-21/h5-6,11,16H,1-4,7-10,12H2. The van der Waals surface area contributed by atoms with Gasteiger partial charge in [0.15, 0.2) is 6.10 Å². The number of morpholine rings is 1. The molecule has 1 unspecified atom stereocenters. The largest absolute Gasteiger partial charge is 0.365 e. The molecule has 138 valence electrons. The Morgan fingerprint density at radius 1 is 1.00 bits per heavy atom. The first kappa shape index (κ1) is 17.4. The summed E-state index contributed by atoms with van der Waals surface area (Å²) in [7, 11) is 0. The van der Waals surface area contributed by atoms with Crippen molar-refractivity contribution in [2.24, 2.45) is 0 Å². The lowest BCUT2D eigenvalue weighted by molar-refractivity contribution is -0.148. The van der Waals surface area contributed by atoms with Gasteiger partial charge in [0.25, 0.3) is 11.8 Å². The topological polar surface area (TPSA) is 75.6 Å². The quantitative estimate of drug-likeness (QED) is 0.803. The summed E-state index contributed by atoms with van der Waals surface area (Å²) in [5, 5.41) is 0. The van der Waals surface area contributed by atoms with Crippen molar-refractivity contribution in [3.8, 4) is 0 Å². The molecule has 4 rings (SSSR count). The summed E-state index contributed by atoms with van der Waals surface area (Å²) >= 11 is 1.14. The summed E-state index contributed by atoms with van der Waals surface area (Å²) in [6, 6.07) is 5.35. The molecule has 0 spiro atoms. The maximum absolute atomic E-state index is 12.9. The van der Waals surface area contributed by atoms with Gasteiger partial charge < -0.3 is 14.5 Å². The fourth-order valence-electron chi connectivity index (χ4n) is 3.58. The summed E-state index contributed by atoms with van der Waals surface area (Å²) < 4.78 is 14.1. The van der Waals surface area contributed by atoms with Crippen molar-refractivity contribution < 1.29 is 14.3 Å². The summed E-state index contributed by atoms with van der Waals surface area (Å²) in [5.41, 5.74) is 2.10. The van der Waals surface area contributed by atoms with Crippen molar-refractivity contribution in [1.29, 1.82) is 0 Å². The second kappa shape index (κ2) is 7.67. The zero-order valence-electron chi connectivity index (χ0n) is 14.6. The van der Waals surface area contributed by atoms with Crippen molar-refractivity contribution in [1.82, 2.24) is 18.5 Å². The smallest absolute Gasteiger partial charge is 0.254 e. The number of benzene rings is 1. The van der Waals surface area contributed by atoms with Gasteiger partial charge in [0.05, 0.1) is 24.9 Å². The number of aromatic nitrogens is 2. The van der Waals surface area contributed by atoms with E-state index in [1.54, 1.807) is 17.0 Å². The third-order valence-corrected chi connectivity index (χ3v) is 5.60. The fourth-order valence-corrected chi connectivity index (χ4v) is 4.09. The van der Waals surface area contributed by atoms with E-state index in [2.05, 4.69) is 8.75 Å². The highest BCUT2D eigenvalue weighted by atomic mass is 32.1. The predicted molar refractivity (Wildman–Crippen MR) is 98.1 cm³/mol. The fraction of sp³-hybridized carbons (Fsp3) is 0.556. The molecule has 8 heteroatoms. The Morgan fingerprint density at radius 2 is 1.77 bits per heavy atom. The average molecular weight is 374 g/mol. The number of rotatable bonds is 2. The first-order chi connectivity index (χ1) is 12.7. The molecule has 0 bridgehead atoms. The van der Waals surface area contributed by atoms with Crippen LogP contribution in [0.25, 0.3) is 11.0 Å². The van der Waals surface area contributed by atoms with Gasteiger partial charge in [-0.3, -0.25) is 9.59 Å². The molecule has 0 radical (unpaired) electrons. The van der Waals surface area contributed by atoms with Gasteiger partial charge in [-0.1, -0.05) is 12.8 Å². The van der Waals surface area contributed by atoms with Crippen molar-refractivity contribution in [3.63, 3.8) is 0 Å². The summed E-state index contributed by atoms with van der Waals surface area (Å²) in [6.07, 6.45) is 3.88. The molecule has 0 aliphatic carbocycles. The Balaban J connectivity index is 1.45. The Morgan fingerprint density at radius 3 is 2.58 bits per heavy atom. The van der Waals surface area contributed by atoms with Gasteiger partial charge in [-0.15, -0.1) is 0 Å². The van der Waals surface area contributed by atoms with Crippen LogP contribution in [-0.4, -0.2) is 69.3 Å². The second-order valence-corrected chi connectivity index (χ2v) is 7.35. The summed E-state index contributed by atoms with van der Waals surface area (Å²) in [5.74, 6) is -0.0691. The van der Waals surface area contributed by atoms with Gasteiger partial charge in [0.1, 0.15) is 11.0 Å². The number of carbonyl (C=O) groups is 2. The Kier molecular flexibility index (Phi) is 5.12. The molecule has 7 nitrogen and oxygen atoms in total. The van der Waals surface area contributed by atoms with Crippen LogP contribution in [0.2, 0.25) is 0 Å².